The Morgan fingerprint density at radius 3 is 1.70 bits per heavy atom. The minimum atomic E-state index is -4.59. The van der Waals surface area contributed by atoms with E-state index in [-0.39, 0.29) is 56.8 Å². The fourth-order valence-corrected chi connectivity index (χ4v) is 15.4. The van der Waals surface area contributed by atoms with E-state index in [0.717, 1.165) is 79.9 Å². The molecule has 2 saturated carbocycles. The molecule has 3 aliphatic heterocycles. The van der Waals surface area contributed by atoms with Crippen LogP contribution in [0.3, 0.4) is 0 Å². The van der Waals surface area contributed by atoms with Gasteiger partial charge in [-0.25, -0.2) is 8.78 Å². The van der Waals surface area contributed by atoms with Crippen molar-refractivity contribution in [3.63, 3.8) is 0 Å². The molecule has 590 valence electrons. The van der Waals surface area contributed by atoms with E-state index in [1.807, 2.05) is 13.8 Å². The molecule has 0 bridgehead atoms. The number of amides is 13. The van der Waals surface area contributed by atoms with Crippen LogP contribution < -0.4 is 16.0 Å². The van der Waals surface area contributed by atoms with Gasteiger partial charge < -0.3 is 64.9 Å². The SMILES string of the molecule is CC[C@H](C)[C@@H]1NC(=O)[C@H](CC(C)C)N(C)C(=O)C[C@@H](C(=O)N2CCCCC2)N(C)C(=O)[C@H](C(C)C)N(C)C(=O)[C@@H](C)NC(=O)[C@H](CC(=O)N2CCC(F)(F)CC2)N(C)C(=O)[C@H](CCC2CCC(C(F)(F)F)C(Cl)C2)NC(=O)CN(C)C(=O)[C@H](CC2CCCCC2)N(C)C(=O)CN(C)C(=O)CN(C)C1=O. The predicted molar refractivity (Wildman–Crippen MR) is 378 cm³/mol. The number of halogens is 6. The van der Waals surface area contributed by atoms with Crippen LogP contribution in [0.4, 0.5) is 22.0 Å². The van der Waals surface area contributed by atoms with E-state index >= 15 is 14.4 Å². The van der Waals surface area contributed by atoms with Gasteiger partial charge in [0.05, 0.1) is 38.4 Å². The Morgan fingerprint density at radius 2 is 1.13 bits per heavy atom. The predicted octanol–water partition coefficient (Wildman–Crippen LogP) is 5.12. The first kappa shape index (κ1) is 87.7. The van der Waals surface area contributed by atoms with Crippen LogP contribution in [0.5, 0.6) is 0 Å². The molecule has 5 aliphatic rings. The first-order chi connectivity index (χ1) is 48.5. The molecule has 2 aliphatic carbocycles. The highest BCUT2D eigenvalue weighted by Crippen LogP contribution is 2.44. The lowest BCUT2D eigenvalue weighted by molar-refractivity contribution is -0.182. The quantitative estimate of drug-likeness (QED) is 0.160. The van der Waals surface area contributed by atoms with E-state index < -0.39 is 225 Å². The molecule has 3 heterocycles. The Bertz CT molecular complexity index is 3020. The number of likely N-dealkylation sites (tertiary alicyclic amines) is 2. The Hall–Kier alpha value is -6.95. The molecule has 0 spiro atoms. The molecule has 32 heteroatoms. The Balaban J connectivity index is 1.64. The maximum absolute atomic E-state index is 15.3. The van der Waals surface area contributed by atoms with Crippen LogP contribution in [0, 0.1) is 35.5 Å². The van der Waals surface area contributed by atoms with E-state index in [1.165, 1.54) is 66.1 Å². The van der Waals surface area contributed by atoms with E-state index in [0.29, 0.717) is 32.4 Å². The number of hydrogen-bond acceptors (Lipinski definition) is 13. The van der Waals surface area contributed by atoms with Crippen molar-refractivity contribution < 1.29 is 84.3 Å². The zero-order chi connectivity index (χ0) is 78.2. The number of alkyl halides is 6. The minimum absolute atomic E-state index is 0.00364. The van der Waals surface area contributed by atoms with Gasteiger partial charge in [0.2, 0.25) is 76.8 Å². The van der Waals surface area contributed by atoms with Gasteiger partial charge in [-0.3, -0.25) is 62.3 Å². The molecule has 0 aromatic heterocycles. The number of rotatable bonds is 13. The van der Waals surface area contributed by atoms with Gasteiger partial charge in [0.1, 0.15) is 48.3 Å². The maximum atomic E-state index is 15.3. The number of piperidine rings is 2. The maximum Gasteiger partial charge on any atom is 0.393 e. The molecule has 3 unspecified atom stereocenters. The van der Waals surface area contributed by atoms with Crippen LogP contribution in [0.1, 0.15) is 177 Å². The highest BCUT2D eigenvalue weighted by Gasteiger charge is 2.49. The number of hydrogen-bond donors (Lipinski definition) is 3. The highest BCUT2D eigenvalue weighted by molar-refractivity contribution is 6.21. The molecule has 13 amide bonds. The largest absolute Gasteiger partial charge is 0.393 e. The van der Waals surface area contributed by atoms with Crippen molar-refractivity contribution in [2.75, 3.05) is 102 Å². The molecule has 5 rings (SSSR count). The summed E-state index contributed by atoms with van der Waals surface area (Å²) >= 11 is 6.37. The van der Waals surface area contributed by atoms with Crippen molar-refractivity contribution in [1.29, 1.82) is 0 Å². The summed E-state index contributed by atoms with van der Waals surface area (Å²) in [6.45, 7) is 9.61. The summed E-state index contributed by atoms with van der Waals surface area (Å²) in [6, 6.07) is -11.6. The van der Waals surface area contributed by atoms with E-state index in [1.54, 1.807) is 32.6 Å². The molecule has 104 heavy (non-hydrogen) atoms. The van der Waals surface area contributed by atoms with E-state index in [9.17, 15) is 69.9 Å². The summed E-state index contributed by atoms with van der Waals surface area (Å²) in [6.07, 6.45) is -1.40. The van der Waals surface area contributed by atoms with Gasteiger partial charge in [-0.05, 0) is 101 Å². The fourth-order valence-electron chi connectivity index (χ4n) is 14.9. The topological polar surface area (TPSA) is 290 Å². The summed E-state index contributed by atoms with van der Waals surface area (Å²) < 4.78 is 71.2. The Kier molecular flexibility index (Phi) is 32.9. The molecule has 12 atom stereocenters. The normalized spacial score (nSPS) is 28.8. The van der Waals surface area contributed by atoms with Crippen LogP contribution in [-0.2, 0) is 62.3 Å². The van der Waals surface area contributed by atoms with Gasteiger partial charge in [-0.1, -0.05) is 80.1 Å². The third-order valence-electron chi connectivity index (χ3n) is 22.0. The smallest absolute Gasteiger partial charge is 0.343 e. The zero-order valence-electron chi connectivity index (χ0n) is 63.8. The van der Waals surface area contributed by atoms with Crippen molar-refractivity contribution in [2.24, 2.45) is 35.5 Å². The second-order valence-corrected chi connectivity index (χ2v) is 31.4. The fraction of sp³-hybridized carbons (Fsp3) is 0.819. The molecule has 3 N–H and O–H groups in total. The van der Waals surface area contributed by atoms with Gasteiger partial charge in [-0.15, -0.1) is 11.6 Å². The molecule has 0 radical (unpaired) electrons. The molecule has 0 aromatic rings. The lowest BCUT2D eigenvalue weighted by Gasteiger charge is -2.40. The van der Waals surface area contributed by atoms with E-state index in [2.05, 4.69) is 16.0 Å². The van der Waals surface area contributed by atoms with Crippen LogP contribution in [0.2, 0.25) is 0 Å². The summed E-state index contributed by atoms with van der Waals surface area (Å²) in [7, 11) is 10.5. The van der Waals surface area contributed by atoms with Crippen molar-refractivity contribution >= 4 is 88.4 Å². The first-order valence-corrected chi connectivity index (χ1v) is 37.6. The van der Waals surface area contributed by atoms with Crippen molar-refractivity contribution in [1.82, 2.24) is 64.9 Å². The highest BCUT2D eigenvalue weighted by atomic mass is 35.5. The average Bonchev–Trinajstić information content (AvgIpc) is 0.805. The zero-order valence-corrected chi connectivity index (χ0v) is 64.6. The third-order valence-corrected chi connectivity index (χ3v) is 22.5. The second kappa shape index (κ2) is 39.1. The summed E-state index contributed by atoms with van der Waals surface area (Å²) in [5, 5.41) is 6.77. The Labute approximate surface area is 615 Å². The molecule has 0 aromatic carbocycles. The van der Waals surface area contributed by atoms with Gasteiger partial charge in [0.15, 0.2) is 0 Å². The molecule has 3 saturated heterocycles. The number of likely N-dealkylation sites (N-methyl/N-ethyl adjacent to an activating group) is 8. The van der Waals surface area contributed by atoms with Crippen LogP contribution >= 0.6 is 11.6 Å². The summed E-state index contributed by atoms with van der Waals surface area (Å²) in [5.41, 5.74) is 0. The van der Waals surface area contributed by atoms with E-state index in [4.69, 9.17) is 11.6 Å². The van der Waals surface area contributed by atoms with Crippen LogP contribution in [0.25, 0.3) is 0 Å². The Morgan fingerprint density at radius 1 is 0.567 bits per heavy atom. The molecular weight excluding hydrogens is 1390 g/mol. The molecule has 5 fully saturated rings. The van der Waals surface area contributed by atoms with Gasteiger partial charge >= 0.3 is 6.18 Å². The number of nitrogens with zero attached hydrogens (tertiary/aromatic N) is 10. The van der Waals surface area contributed by atoms with Gasteiger partial charge in [0, 0.05) is 101 Å². The summed E-state index contributed by atoms with van der Waals surface area (Å²) in [5.74, 6) is -17.3. The van der Waals surface area contributed by atoms with Crippen molar-refractivity contribution in [3.8, 4) is 0 Å². The summed E-state index contributed by atoms with van der Waals surface area (Å²) in [4.78, 5) is 203. The standard InChI is InChI=1S/C72H117ClF5N13O13/c1-16-45(6)61-69(103)84(10)41-59(95)82(8)42-60(96)86(12)54(37-47-23-19-17-20-24-47)67(101)83(9)40-56(92)80-51(28-26-48-25-27-49(50(73)36-48)72(76,77)78)66(100)87(13)53(38-58(94)90-33-29-71(74,75)30-34-90)63(97)79-46(7)65(99)89(15)62(44(4)5)70(104)88(14)55(68(102)91-31-21-18-22-32-91)39-57(93)85(11)52(35-43(2)3)64(98)81-61/h43-55,61-62H,16-42H2,1-15H3,(H,79,97)(H,80,92)(H,81,98)/t45-,46+,48?,49?,50?,51-,52-,53-,54-,55-,61-,62-/m0/s1. The first-order valence-electron chi connectivity index (χ1n) is 37.1. The van der Waals surface area contributed by atoms with Gasteiger partial charge in [-0.2, -0.15) is 13.2 Å². The minimum Gasteiger partial charge on any atom is -0.343 e. The van der Waals surface area contributed by atoms with Crippen molar-refractivity contribution in [2.45, 2.75) is 243 Å². The second-order valence-electron chi connectivity index (χ2n) is 30.8. The number of nitrogens with one attached hydrogen (secondary N) is 3. The van der Waals surface area contributed by atoms with Gasteiger partial charge in [0.25, 0.3) is 5.92 Å². The monoisotopic (exact) mass is 1500 g/mol. The lowest BCUT2D eigenvalue weighted by atomic mass is 9.78. The number of carbonyl (C=O) groups is 13. The third kappa shape index (κ3) is 24.0. The molecular formula is C72H117ClF5N13O13. The van der Waals surface area contributed by atoms with Crippen LogP contribution in [-0.4, -0.2) is 294 Å². The average molecular weight is 1500 g/mol. The van der Waals surface area contributed by atoms with Crippen LogP contribution in [0.15, 0.2) is 0 Å². The number of carbonyl (C=O) groups excluding carboxylic acids is 13. The lowest BCUT2D eigenvalue weighted by Crippen LogP contribution is -2.61. The molecule has 26 nitrogen and oxygen atoms in total. The van der Waals surface area contributed by atoms with Crippen molar-refractivity contribution in [3.05, 3.63) is 0 Å².